The zero-order valence-corrected chi connectivity index (χ0v) is 24.9. The van der Waals surface area contributed by atoms with E-state index in [1.807, 2.05) is 37.3 Å². The molecule has 3 aliphatic rings. The van der Waals surface area contributed by atoms with E-state index in [-0.39, 0.29) is 30.9 Å². The lowest BCUT2D eigenvalue weighted by molar-refractivity contribution is -0.147. The summed E-state index contributed by atoms with van der Waals surface area (Å²) in [5.41, 5.74) is 0.408. The third kappa shape index (κ3) is 5.25. The van der Waals surface area contributed by atoms with E-state index in [4.69, 9.17) is 9.47 Å². The number of carbonyl (C=O) groups is 3. The summed E-state index contributed by atoms with van der Waals surface area (Å²) in [6, 6.07) is 15.2. The molecule has 2 aromatic carbocycles. The second-order valence-electron chi connectivity index (χ2n) is 11.5. The van der Waals surface area contributed by atoms with Gasteiger partial charge in [0.05, 0.1) is 37.7 Å². The molecule has 9 heteroatoms. The van der Waals surface area contributed by atoms with Crippen LogP contribution in [0.5, 0.6) is 5.75 Å². The fourth-order valence-electron chi connectivity index (χ4n) is 7.22. The van der Waals surface area contributed by atoms with Crippen molar-refractivity contribution in [1.82, 2.24) is 9.80 Å². The van der Waals surface area contributed by atoms with E-state index in [9.17, 15) is 19.5 Å². The van der Waals surface area contributed by atoms with Gasteiger partial charge in [0, 0.05) is 25.3 Å². The molecular weight excluding hydrogens is 546 g/mol. The first kappa shape index (κ1) is 30.5. The summed E-state index contributed by atoms with van der Waals surface area (Å²) < 4.78 is 12.0. The second-order valence-corrected chi connectivity index (χ2v) is 11.5. The molecule has 0 aliphatic carbocycles. The molecule has 9 nitrogen and oxygen atoms in total. The zero-order valence-electron chi connectivity index (χ0n) is 24.9. The quantitative estimate of drug-likeness (QED) is 0.360. The molecule has 3 saturated heterocycles. The fourth-order valence-corrected chi connectivity index (χ4v) is 7.22. The minimum Gasteiger partial charge on any atom is -0.497 e. The predicted molar refractivity (Wildman–Crippen MR) is 163 cm³/mol. The van der Waals surface area contributed by atoms with E-state index >= 15 is 0 Å². The van der Waals surface area contributed by atoms with Crippen molar-refractivity contribution < 1.29 is 29.0 Å². The Morgan fingerprint density at radius 2 is 1.81 bits per heavy atom. The van der Waals surface area contributed by atoms with Crippen molar-refractivity contribution in [2.45, 2.75) is 56.5 Å². The number of methoxy groups -OCH3 is 1. The third-order valence-corrected chi connectivity index (χ3v) is 9.17. The largest absolute Gasteiger partial charge is 0.497 e. The summed E-state index contributed by atoms with van der Waals surface area (Å²) >= 11 is 0. The molecule has 1 N–H and O–H groups in total. The number of carbonyl (C=O) groups excluding carboxylic acids is 3. The van der Waals surface area contributed by atoms with Crippen LogP contribution in [0, 0.1) is 11.8 Å². The van der Waals surface area contributed by atoms with Gasteiger partial charge < -0.3 is 29.3 Å². The smallest absolute Gasteiger partial charge is 0.253 e. The molecule has 0 aromatic heterocycles. The normalized spacial score (nSPS) is 26.1. The van der Waals surface area contributed by atoms with Gasteiger partial charge in [-0.1, -0.05) is 49.4 Å². The number of amides is 3. The molecule has 2 aromatic rings. The summed E-state index contributed by atoms with van der Waals surface area (Å²) in [5.74, 6) is -1.75. The summed E-state index contributed by atoms with van der Waals surface area (Å²) in [6.45, 7) is 10.2. The number of nitrogens with zero attached hydrogens (tertiary/aromatic N) is 3. The van der Waals surface area contributed by atoms with Gasteiger partial charge in [0.15, 0.2) is 0 Å². The van der Waals surface area contributed by atoms with Crippen LogP contribution < -0.4 is 9.64 Å². The van der Waals surface area contributed by atoms with Gasteiger partial charge in [0.25, 0.3) is 5.91 Å². The average Bonchev–Trinajstić information content (AvgIpc) is 3.68. The molecular formula is C34H41N3O6. The van der Waals surface area contributed by atoms with Crippen LogP contribution in [0.15, 0.2) is 79.9 Å². The standard InChI is InChI=1S/C34H41N3O6/c1-5-19-35(21-23-11-9-8-10-12-23)31(39)28-27-17-18-34(43-27)29(28)32(40)37(24(7-3)22-38)30(34)33(41)36(20-6-2)25-13-15-26(42-4)16-14-25/h5-6,8-16,24,27-30,38H,1-2,7,17-22H2,3-4H3/t24-,27-,28+,29-,30?,34?/m0/s1. The van der Waals surface area contributed by atoms with E-state index in [0.29, 0.717) is 43.8 Å². The summed E-state index contributed by atoms with van der Waals surface area (Å²) in [6.07, 6.45) is 4.31. The first-order valence-electron chi connectivity index (χ1n) is 15.0. The number of hydrogen-bond donors (Lipinski definition) is 1. The van der Waals surface area contributed by atoms with Crippen LogP contribution in [0.3, 0.4) is 0 Å². The van der Waals surface area contributed by atoms with Crippen LogP contribution >= 0.6 is 0 Å². The molecule has 0 radical (unpaired) electrons. The molecule has 5 rings (SSSR count). The predicted octanol–water partition coefficient (Wildman–Crippen LogP) is 3.57. The summed E-state index contributed by atoms with van der Waals surface area (Å²) in [5, 5.41) is 10.4. The first-order valence-corrected chi connectivity index (χ1v) is 15.0. The average molecular weight is 588 g/mol. The minimum absolute atomic E-state index is 0.183. The molecule has 43 heavy (non-hydrogen) atoms. The molecule has 3 amide bonds. The molecule has 3 fully saturated rings. The molecule has 2 bridgehead atoms. The Morgan fingerprint density at radius 3 is 2.42 bits per heavy atom. The summed E-state index contributed by atoms with van der Waals surface area (Å²) in [7, 11) is 1.57. The third-order valence-electron chi connectivity index (χ3n) is 9.17. The molecule has 2 unspecified atom stereocenters. The number of fused-ring (bicyclic) bond motifs is 1. The van der Waals surface area contributed by atoms with Gasteiger partial charge in [-0.15, -0.1) is 13.2 Å². The lowest BCUT2D eigenvalue weighted by Crippen LogP contribution is -2.59. The number of anilines is 1. The van der Waals surface area contributed by atoms with Gasteiger partial charge in [0.1, 0.15) is 17.4 Å². The minimum atomic E-state index is -1.18. The number of ether oxygens (including phenoxy) is 2. The van der Waals surface area contributed by atoms with Crippen molar-refractivity contribution in [3.63, 3.8) is 0 Å². The van der Waals surface area contributed by atoms with Crippen molar-refractivity contribution in [3.8, 4) is 5.75 Å². The Morgan fingerprint density at radius 1 is 1.12 bits per heavy atom. The van der Waals surface area contributed by atoms with Crippen LogP contribution in [-0.4, -0.2) is 83.2 Å². The SMILES string of the molecule is C=CCN(Cc1ccccc1)C(=O)[C@@H]1[C@@H]2CCC3(O2)C(C(=O)N(CC=C)c2ccc(OC)cc2)N([C@@H](CC)CO)C(=O)[C@H]13. The van der Waals surface area contributed by atoms with Crippen molar-refractivity contribution in [2.75, 3.05) is 31.7 Å². The Bertz CT molecular complexity index is 1340. The monoisotopic (exact) mass is 587 g/mol. The van der Waals surface area contributed by atoms with E-state index in [1.165, 1.54) is 4.90 Å². The lowest BCUT2D eigenvalue weighted by Gasteiger charge is -2.39. The van der Waals surface area contributed by atoms with Crippen LogP contribution in [0.1, 0.15) is 31.7 Å². The van der Waals surface area contributed by atoms with Crippen molar-refractivity contribution in [2.24, 2.45) is 11.8 Å². The van der Waals surface area contributed by atoms with E-state index < -0.39 is 35.6 Å². The number of benzene rings is 2. The van der Waals surface area contributed by atoms with Gasteiger partial charge >= 0.3 is 0 Å². The highest BCUT2D eigenvalue weighted by molar-refractivity contribution is 6.05. The highest BCUT2D eigenvalue weighted by atomic mass is 16.5. The lowest BCUT2D eigenvalue weighted by atomic mass is 9.70. The van der Waals surface area contributed by atoms with Gasteiger partial charge in [-0.25, -0.2) is 0 Å². The number of likely N-dealkylation sites (tertiary alicyclic amines) is 1. The van der Waals surface area contributed by atoms with Gasteiger partial charge in [-0.05, 0) is 49.1 Å². The Kier molecular flexibility index (Phi) is 9.03. The van der Waals surface area contributed by atoms with Crippen molar-refractivity contribution >= 4 is 23.4 Å². The van der Waals surface area contributed by atoms with E-state index in [2.05, 4.69) is 13.2 Å². The fraction of sp³-hybridized carbons (Fsp3) is 0.441. The van der Waals surface area contributed by atoms with Crippen molar-refractivity contribution in [1.29, 1.82) is 0 Å². The molecule has 0 saturated carbocycles. The number of aliphatic hydroxyl groups is 1. The highest BCUT2D eigenvalue weighted by Gasteiger charge is 2.75. The van der Waals surface area contributed by atoms with Gasteiger partial charge in [-0.2, -0.15) is 0 Å². The van der Waals surface area contributed by atoms with Crippen LogP contribution in [-0.2, 0) is 25.7 Å². The number of hydrogen-bond acceptors (Lipinski definition) is 6. The van der Waals surface area contributed by atoms with Crippen molar-refractivity contribution in [3.05, 3.63) is 85.5 Å². The van der Waals surface area contributed by atoms with Gasteiger partial charge in [0.2, 0.25) is 11.8 Å². The summed E-state index contributed by atoms with van der Waals surface area (Å²) in [4.78, 5) is 48.2. The first-order chi connectivity index (χ1) is 20.8. The van der Waals surface area contributed by atoms with Crippen LogP contribution in [0.4, 0.5) is 5.69 Å². The van der Waals surface area contributed by atoms with Crippen LogP contribution in [0.25, 0.3) is 0 Å². The maximum atomic E-state index is 14.6. The number of rotatable bonds is 13. The van der Waals surface area contributed by atoms with E-state index in [1.54, 1.807) is 53.3 Å². The Balaban J connectivity index is 1.54. The highest BCUT2D eigenvalue weighted by Crippen LogP contribution is 2.59. The molecule has 228 valence electrons. The maximum absolute atomic E-state index is 14.6. The van der Waals surface area contributed by atoms with Gasteiger partial charge in [-0.3, -0.25) is 14.4 Å². The molecule has 3 aliphatic heterocycles. The Labute approximate surface area is 253 Å². The van der Waals surface area contributed by atoms with Crippen LogP contribution in [0.2, 0.25) is 0 Å². The van der Waals surface area contributed by atoms with E-state index in [0.717, 1.165) is 5.56 Å². The second kappa shape index (κ2) is 12.7. The Hall–Kier alpha value is -3.95. The molecule has 3 heterocycles. The topological polar surface area (TPSA) is 99.6 Å². The number of aliphatic hydroxyl groups excluding tert-OH is 1. The molecule has 6 atom stereocenters. The maximum Gasteiger partial charge on any atom is 0.253 e. The molecule has 1 spiro atoms. The zero-order chi connectivity index (χ0) is 30.7.